The number of morpholine rings is 1. The quantitative estimate of drug-likeness (QED) is 0.215. The van der Waals surface area contributed by atoms with Gasteiger partial charge in [-0.15, -0.1) is 0 Å². The van der Waals surface area contributed by atoms with Crippen molar-refractivity contribution in [2.24, 2.45) is 5.92 Å². The van der Waals surface area contributed by atoms with Crippen LogP contribution >= 0.6 is 0 Å². The van der Waals surface area contributed by atoms with Crippen molar-refractivity contribution in [2.45, 2.75) is 58.4 Å². The van der Waals surface area contributed by atoms with Crippen LogP contribution in [-0.2, 0) is 16.0 Å². The van der Waals surface area contributed by atoms with Crippen molar-refractivity contribution in [3.63, 3.8) is 0 Å². The number of hydrogen-bond acceptors (Lipinski definition) is 8. The molecule has 11 nitrogen and oxygen atoms in total. The Labute approximate surface area is 242 Å². The van der Waals surface area contributed by atoms with E-state index in [-0.39, 0.29) is 12.5 Å². The smallest absolute Gasteiger partial charge is 0.426 e. The van der Waals surface area contributed by atoms with Crippen molar-refractivity contribution in [1.29, 1.82) is 0 Å². The fourth-order valence-corrected chi connectivity index (χ4v) is 4.50. The third-order valence-corrected chi connectivity index (χ3v) is 6.88. The predicted molar refractivity (Wildman–Crippen MR) is 157 cm³/mol. The normalized spacial score (nSPS) is 14.7. The average molecular weight is 567 g/mol. The molecule has 1 saturated heterocycles. The number of nitrogens with zero attached hydrogens (tertiary/aromatic N) is 2. The van der Waals surface area contributed by atoms with Crippen LogP contribution < -0.4 is 20.9 Å². The van der Waals surface area contributed by atoms with E-state index in [1.165, 1.54) is 6.20 Å². The molecule has 12 heteroatoms. The number of pyridine rings is 1. The second-order valence-corrected chi connectivity index (χ2v) is 10.7. The number of aromatic nitrogens is 1. The molecule has 0 aliphatic carbocycles. The van der Waals surface area contributed by atoms with E-state index < -0.39 is 36.8 Å². The minimum Gasteiger partial charge on any atom is -0.426 e. The standard InChI is InChI=1S/C29H42BN5O6/c1-4-5-6-21-7-9-22(10-8-21)28(37)33-24(29(38)34-25(30(39)40)17-20(2)3)19-32-27(36)23-11-12-26(31-18-23)35-13-15-41-16-14-35/h7-12,18,20,24-25,39-40H,4-6,13-17,19H2,1-3H3,(H,32,36)(H,33,37)(H,34,38)/t24-,25+/m1/s1. The first-order valence-electron chi connectivity index (χ1n) is 14.3. The zero-order valence-electron chi connectivity index (χ0n) is 24.1. The Kier molecular flexibility index (Phi) is 12.6. The van der Waals surface area contributed by atoms with Crippen LogP contribution in [0.15, 0.2) is 42.6 Å². The van der Waals surface area contributed by atoms with Crippen LogP contribution in [0.1, 0.15) is 66.3 Å². The maximum absolute atomic E-state index is 13.2. The summed E-state index contributed by atoms with van der Waals surface area (Å²) < 4.78 is 5.36. The van der Waals surface area contributed by atoms with E-state index in [1.54, 1.807) is 24.3 Å². The van der Waals surface area contributed by atoms with Crippen molar-refractivity contribution in [3.05, 3.63) is 59.3 Å². The third-order valence-electron chi connectivity index (χ3n) is 6.88. The molecule has 2 atom stereocenters. The number of hydrogen-bond donors (Lipinski definition) is 5. The van der Waals surface area contributed by atoms with Gasteiger partial charge in [-0.05, 0) is 55.0 Å². The lowest BCUT2D eigenvalue weighted by Crippen LogP contribution is -2.57. The van der Waals surface area contributed by atoms with Gasteiger partial charge in [-0.1, -0.05) is 39.3 Å². The lowest BCUT2D eigenvalue weighted by molar-refractivity contribution is -0.123. The predicted octanol–water partition coefficient (Wildman–Crippen LogP) is 1.33. The topological polar surface area (TPSA) is 153 Å². The van der Waals surface area contributed by atoms with Gasteiger partial charge in [0.1, 0.15) is 11.9 Å². The van der Waals surface area contributed by atoms with E-state index in [2.05, 4.69) is 32.8 Å². The minimum atomic E-state index is -1.78. The Morgan fingerprint density at radius 2 is 1.68 bits per heavy atom. The highest BCUT2D eigenvalue weighted by molar-refractivity contribution is 6.43. The zero-order valence-corrected chi connectivity index (χ0v) is 24.1. The number of unbranched alkanes of at least 4 members (excludes halogenated alkanes) is 1. The molecule has 1 fully saturated rings. The van der Waals surface area contributed by atoms with Gasteiger partial charge < -0.3 is 35.6 Å². The van der Waals surface area contributed by atoms with Crippen molar-refractivity contribution in [3.8, 4) is 0 Å². The monoisotopic (exact) mass is 567 g/mol. The Balaban J connectivity index is 1.69. The van der Waals surface area contributed by atoms with E-state index in [4.69, 9.17) is 4.74 Å². The van der Waals surface area contributed by atoms with Gasteiger partial charge in [-0.2, -0.15) is 0 Å². The highest BCUT2D eigenvalue weighted by Gasteiger charge is 2.30. The number of nitrogens with one attached hydrogen (secondary N) is 3. The fraction of sp³-hybridized carbons (Fsp3) is 0.517. The van der Waals surface area contributed by atoms with Crippen molar-refractivity contribution in [2.75, 3.05) is 37.7 Å². The van der Waals surface area contributed by atoms with Gasteiger partial charge in [0.15, 0.2) is 0 Å². The van der Waals surface area contributed by atoms with Gasteiger partial charge in [-0.3, -0.25) is 14.4 Å². The lowest BCUT2D eigenvalue weighted by atomic mass is 9.75. The summed E-state index contributed by atoms with van der Waals surface area (Å²) in [6, 6.07) is 9.42. The third kappa shape index (κ3) is 10.1. The van der Waals surface area contributed by atoms with E-state index in [0.717, 1.165) is 43.7 Å². The highest BCUT2D eigenvalue weighted by Crippen LogP contribution is 2.13. The number of amides is 3. The number of benzene rings is 1. The van der Waals surface area contributed by atoms with Gasteiger partial charge in [0.2, 0.25) is 5.91 Å². The number of carbonyl (C=O) groups is 3. The Morgan fingerprint density at radius 3 is 2.27 bits per heavy atom. The summed E-state index contributed by atoms with van der Waals surface area (Å²) >= 11 is 0. The van der Waals surface area contributed by atoms with Crippen LogP contribution in [0.25, 0.3) is 0 Å². The van der Waals surface area contributed by atoms with Gasteiger partial charge in [0.05, 0.1) is 24.7 Å². The van der Waals surface area contributed by atoms with Crippen LogP contribution in [0, 0.1) is 5.92 Å². The van der Waals surface area contributed by atoms with E-state index in [1.807, 2.05) is 26.0 Å². The number of ether oxygens (including phenoxy) is 1. The molecule has 2 heterocycles. The molecular formula is C29H42BN5O6. The van der Waals surface area contributed by atoms with Crippen LogP contribution in [0.2, 0.25) is 0 Å². The molecule has 1 aromatic carbocycles. The molecule has 222 valence electrons. The molecular weight excluding hydrogens is 525 g/mol. The number of carbonyl (C=O) groups excluding carboxylic acids is 3. The molecule has 0 unspecified atom stereocenters. The fourth-order valence-electron chi connectivity index (χ4n) is 4.50. The Morgan fingerprint density at radius 1 is 1.00 bits per heavy atom. The van der Waals surface area contributed by atoms with E-state index >= 15 is 0 Å². The Hall–Kier alpha value is -3.48. The number of aryl methyl sites for hydroxylation is 1. The molecule has 1 aromatic heterocycles. The summed E-state index contributed by atoms with van der Waals surface area (Å²) in [6.45, 7) is 8.36. The molecule has 1 aliphatic heterocycles. The molecule has 3 amide bonds. The van der Waals surface area contributed by atoms with Crippen LogP contribution in [-0.4, -0.2) is 84.7 Å². The first kappa shape index (κ1) is 32.0. The summed E-state index contributed by atoms with van der Waals surface area (Å²) in [6.07, 6.45) is 4.82. The first-order valence-corrected chi connectivity index (χ1v) is 14.3. The molecule has 0 bridgehead atoms. The van der Waals surface area contributed by atoms with Crippen molar-refractivity contribution >= 4 is 30.7 Å². The summed E-state index contributed by atoms with van der Waals surface area (Å²) in [5, 5.41) is 27.6. The maximum atomic E-state index is 13.2. The molecule has 41 heavy (non-hydrogen) atoms. The summed E-state index contributed by atoms with van der Waals surface area (Å²) in [5.41, 5.74) is 1.79. The van der Waals surface area contributed by atoms with E-state index in [9.17, 15) is 24.4 Å². The molecule has 0 saturated carbocycles. The average Bonchev–Trinajstić information content (AvgIpc) is 2.98. The molecule has 2 aromatic rings. The largest absolute Gasteiger partial charge is 0.475 e. The molecule has 5 N–H and O–H groups in total. The zero-order chi connectivity index (χ0) is 29.8. The van der Waals surface area contributed by atoms with Crippen molar-refractivity contribution in [1.82, 2.24) is 20.9 Å². The second-order valence-electron chi connectivity index (χ2n) is 10.7. The first-order chi connectivity index (χ1) is 19.7. The molecule has 0 spiro atoms. The van der Waals surface area contributed by atoms with Gasteiger partial charge >= 0.3 is 7.12 Å². The highest BCUT2D eigenvalue weighted by atomic mass is 16.5. The Bertz CT molecular complexity index is 1120. The maximum Gasteiger partial charge on any atom is 0.475 e. The summed E-state index contributed by atoms with van der Waals surface area (Å²) in [7, 11) is -1.78. The minimum absolute atomic E-state index is 0.0778. The van der Waals surface area contributed by atoms with E-state index in [0.29, 0.717) is 30.8 Å². The second kappa shape index (κ2) is 16.1. The van der Waals surface area contributed by atoms with Crippen molar-refractivity contribution < 1.29 is 29.2 Å². The summed E-state index contributed by atoms with van der Waals surface area (Å²) in [5.74, 6) is -1.70. The number of rotatable bonds is 14. The number of anilines is 1. The van der Waals surface area contributed by atoms with Crippen LogP contribution in [0.3, 0.4) is 0 Å². The molecule has 3 rings (SSSR count). The van der Waals surface area contributed by atoms with Gasteiger partial charge in [0, 0.05) is 31.4 Å². The molecule has 1 aliphatic rings. The van der Waals surface area contributed by atoms with Gasteiger partial charge in [-0.25, -0.2) is 4.98 Å². The summed E-state index contributed by atoms with van der Waals surface area (Å²) in [4.78, 5) is 45.6. The van der Waals surface area contributed by atoms with Crippen LogP contribution in [0.4, 0.5) is 5.82 Å². The van der Waals surface area contributed by atoms with Gasteiger partial charge in [0.25, 0.3) is 11.8 Å². The SMILES string of the molecule is CCCCc1ccc(C(=O)N[C@H](CNC(=O)c2ccc(N3CCOCC3)nc2)C(=O)N[C@@H](CC(C)C)B(O)O)cc1. The lowest BCUT2D eigenvalue weighted by Gasteiger charge is -2.27. The van der Waals surface area contributed by atoms with Crippen LogP contribution in [0.5, 0.6) is 0 Å². The molecule has 0 radical (unpaired) electrons.